The predicted octanol–water partition coefficient (Wildman–Crippen LogP) is 5.85. The number of hydrogen-bond acceptors (Lipinski definition) is 4. The maximum Gasteiger partial charge on any atom is 0.418 e. The van der Waals surface area contributed by atoms with E-state index in [1.54, 1.807) is 24.3 Å². The Labute approximate surface area is 216 Å². The van der Waals surface area contributed by atoms with Crippen LogP contribution in [0.4, 0.5) is 49.9 Å². The molecule has 8 nitrogen and oxygen atoms in total. The first kappa shape index (κ1) is 26.6. The Morgan fingerprint density at radius 2 is 1.53 bits per heavy atom. The van der Waals surface area contributed by atoms with Crippen LogP contribution in [0.5, 0.6) is 5.75 Å². The van der Waals surface area contributed by atoms with Gasteiger partial charge >= 0.3 is 18.2 Å². The highest BCUT2D eigenvalue weighted by Gasteiger charge is 2.34. The van der Waals surface area contributed by atoms with Crippen molar-refractivity contribution in [3.8, 4) is 5.75 Å². The average Bonchev–Trinajstić information content (AvgIpc) is 2.89. The zero-order valence-corrected chi connectivity index (χ0v) is 20.3. The zero-order chi connectivity index (χ0) is 27.3. The van der Waals surface area contributed by atoms with E-state index in [1.165, 1.54) is 42.3 Å². The van der Waals surface area contributed by atoms with Crippen LogP contribution in [-0.4, -0.2) is 50.3 Å². The van der Waals surface area contributed by atoms with E-state index in [4.69, 9.17) is 4.74 Å². The van der Waals surface area contributed by atoms with Gasteiger partial charge in [0.25, 0.3) is 0 Å². The van der Waals surface area contributed by atoms with E-state index in [0.29, 0.717) is 37.6 Å². The Morgan fingerprint density at radius 3 is 2.18 bits per heavy atom. The van der Waals surface area contributed by atoms with Crippen LogP contribution in [0.1, 0.15) is 5.56 Å². The lowest BCUT2D eigenvalue weighted by Gasteiger charge is -2.36. The highest BCUT2D eigenvalue weighted by atomic mass is 19.4. The maximum atomic E-state index is 13.5. The lowest BCUT2D eigenvalue weighted by molar-refractivity contribution is -0.136. The van der Waals surface area contributed by atoms with Crippen molar-refractivity contribution in [2.45, 2.75) is 6.18 Å². The number of hydrogen-bond donors (Lipinski definition) is 3. The number of nitrogens with one attached hydrogen (secondary N) is 3. The summed E-state index contributed by atoms with van der Waals surface area (Å²) in [7, 11) is 1.41. The van der Waals surface area contributed by atoms with E-state index in [1.807, 2.05) is 4.90 Å². The molecule has 4 amide bonds. The van der Waals surface area contributed by atoms with E-state index in [-0.39, 0.29) is 11.4 Å². The minimum atomic E-state index is -4.57. The molecule has 3 aromatic carbocycles. The molecule has 0 atom stereocenters. The predicted molar refractivity (Wildman–Crippen MR) is 136 cm³/mol. The van der Waals surface area contributed by atoms with Crippen LogP contribution < -0.4 is 25.6 Å². The molecule has 12 heteroatoms. The molecule has 4 rings (SSSR count). The molecular weight excluding hydrogens is 506 g/mol. The van der Waals surface area contributed by atoms with Gasteiger partial charge in [0, 0.05) is 43.6 Å². The summed E-state index contributed by atoms with van der Waals surface area (Å²) in [5.74, 6) is -0.205. The second-order valence-corrected chi connectivity index (χ2v) is 8.42. The van der Waals surface area contributed by atoms with Gasteiger partial charge in [-0.3, -0.25) is 0 Å². The van der Waals surface area contributed by atoms with Crippen molar-refractivity contribution in [3.63, 3.8) is 0 Å². The number of halogens is 4. The highest BCUT2D eigenvalue weighted by molar-refractivity contribution is 6.00. The van der Waals surface area contributed by atoms with Gasteiger partial charge in [0.1, 0.15) is 11.6 Å². The molecule has 200 valence electrons. The third-order valence-corrected chi connectivity index (χ3v) is 5.94. The number of ether oxygens (including phenoxy) is 1. The first-order valence-electron chi connectivity index (χ1n) is 11.6. The molecular formula is C26H25F4N5O3. The van der Waals surface area contributed by atoms with Crippen molar-refractivity contribution in [1.82, 2.24) is 4.90 Å². The molecule has 0 saturated carbocycles. The van der Waals surface area contributed by atoms with Gasteiger partial charge in [-0.2, -0.15) is 13.2 Å². The van der Waals surface area contributed by atoms with Gasteiger partial charge in [0.05, 0.1) is 24.0 Å². The Bertz CT molecular complexity index is 1290. The topological polar surface area (TPSA) is 85.9 Å². The van der Waals surface area contributed by atoms with E-state index in [0.717, 1.165) is 17.8 Å². The number of methoxy groups -OCH3 is 1. The van der Waals surface area contributed by atoms with E-state index in [9.17, 15) is 27.2 Å². The number of carbonyl (C=O) groups is 2. The van der Waals surface area contributed by atoms with Gasteiger partial charge in [0.2, 0.25) is 0 Å². The number of carbonyl (C=O) groups excluding carboxylic acids is 2. The Morgan fingerprint density at radius 1 is 0.842 bits per heavy atom. The van der Waals surface area contributed by atoms with Gasteiger partial charge in [-0.25, -0.2) is 14.0 Å². The number of piperazine rings is 1. The molecule has 3 N–H and O–H groups in total. The summed E-state index contributed by atoms with van der Waals surface area (Å²) in [6.45, 7) is 1.58. The summed E-state index contributed by atoms with van der Waals surface area (Å²) in [4.78, 5) is 28.4. The van der Waals surface area contributed by atoms with Crippen LogP contribution in [0.2, 0.25) is 0 Å². The number of para-hydroxylation sites is 1. The van der Waals surface area contributed by atoms with Crippen LogP contribution in [0.25, 0.3) is 0 Å². The van der Waals surface area contributed by atoms with E-state index in [2.05, 4.69) is 16.0 Å². The minimum absolute atomic E-state index is 0.186. The van der Waals surface area contributed by atoms with Crippen LogP contribution in [-0.2, 0) is 6.18 Å². The normalized spacial score (nSPS) is 13.6. The summed E-state index contributed by atoms with van der Waals surface area (Å²) in [5, 5.41) is 7.57. The van der Waals surface area contributed by atoms with Crippen molar-refractivity contribution in [3.05, 3.63) is 78.1 Å². The molecule has 0 aromatic heterocycles. The number of alkyl halides is 3. The summed E-state index contributed by atoms with van der Waals surface area (Å²) < 4.78 is 58.2. The van der Waals surface area contributed by atoms with Crippen LogP contribution in [0.15, 0.2) is 66.7 Å². The summed E-state index contributed by atoms with van der Waals surface area (Å²) >= 11 is 0. The largest absolute Gasteiger partial charge is 0.495 e. The molecule has 1 aliphatic rings. The number of benzene rings is 3. The maximum absolute atomic E-state index is 13.5. The van der Waals surface area contributed by atoms with Gasteiger partial charge in [-0.1, -0.05) is 12.1 Å². The molecule has 0 spiro atoms. The van der Waals surface area contributed by atoms with Crippen molar-refractivity contribution in [2.24, 2.45) is 0 Å². The van der Waals surface area contributed by atoms with Crippen molar-refractivity contribution < 1.29 is 31.9 Å². The summed E-state index contributed by atoms with van der Waals surface area (Å²) in [5.41, 5.74) is 0.360. The number of nitrogens with zero attached hydrogens (tertiary/aromatic N) is 2. The average molecular weight is 532 g/mol. The first-order valence-corrected chi connectivity index (χ1v) is 11.6. The number of anilines is 4. The molecule has 0 radical (unpaired) electrons. The second-order valence-electron chi connectivity index (χ2n) is 8.42. The third kappa shape index (κ3) is 6.44. The molecule has 0 bridgehead atoms. The van der Waals surface area contributed by atoms with Crippen molar-refractivity contribution >= 4 is 34.8 Å². The van der Waals surface area contributed by atoms with Crippen LogP contribution in [0.3, 0.4) is 0 Å². The fourth-order valence-electron chi connectivity index (χ4n) is 4.02. The molecule has 3 aromatic rings. The van der Waals surface area contributed by atoms with Crippen molar-refractivity contribution in [2.75, 3.05) is 54.1 Å². The van der Waals surface area contributed by atoms with Crippen LogP contribution >= 0.6 is 0 Å². The Kier molecular flexibility index (Phi) is 7.89. The smallest absolute Gasteiger partial charge is 0.418 e. The Balaban J connectivity index is 1.30. The molecule has 38 heavy (non-hydrogen) atoms. The van der Waals surface area contributed by atoms with Gasteiger partial charge < -0.3 is 30.5 Å². The lowest BCUT2D eigenvalue weighted by Crippen LogP contribution is -2.50. The standard InChI is InChI=1S/C26H25F4N5O3/c1-38-23-11-6-17(27)16-22(23)32-24(36)31-18-7-9-19(10-8-18)34-12-14-35(15-13-34)25(37)33-21-5-3-2-4-20(21)26(28,29)30/h2-11,16H,12-15H2,1H3,(H,33,37)(H2,31,32,36). The number of amides is 4. The van der Waals surface area contributed by atoms with E-state index < -0.39 is 29.6 Å². The van der Waals surface area contributed by atoms with E-state index >= 15 is 0 Å². The number of rotatable bonds is 5. The van der Waals surface area contributed by atoms with Gasteiger partial charge in [-0.15, -0.1) is 0 Å². The fraction of sp³-hybridized carbons (Fsp3) is 0.231. The Hall–Kier alpha value is -4.48. The lowest BCUT2D eigenvalue weighted by atomic mass is 10.1. The molecule has 1 aliphatic heterocycles. The quantitative estimate of drug-likeness (QED) is 0.361. The summed E-state index contributed by atoms with van der Waals surface area (Å²) in [6.07, 6.45) is -4.57. The number of urea groups is 2. The van der Waals surface area contributed by atoms with Gasteiger partial charge in [-0.05, 0) is 48.5 Å². The first-order chi connectivity index (χ1) is 18.1. The molecule has 0 aliphatic carbocycles. The molecule has 1 fully saturated rings. The molecule has 0 unspecified atom stereocenters. The summed E-state index contributed by atoms with van der Waals surface area (Å²) in [6, 6.07) is 14.5. The van der Waals surface area contributed by atoms with Gasteiger partial charge in [0.15, 0.2) is 0 Å². The highest BCUT2D eigenvalue weighted by Crippen LogP contribution is 2.34. The zero-order valence-electron chi connectivity index (χ0n) is 20.3. The fourth-order valence-corrected chi connectivity index (χ4v) is 4.02. The molecule has 1 heterocycles. The van der Waals surface area contributed by atoms with Crippen LogP contribution in [0, 0.1) is 5.82 Å². The monoisotopic (exact) mass is 531 g/mol. The minimum Gasteiger partial charge on any atom is -0.495 e. The van der Waals surface area contributed by atoms with Crippen molar-refractivity contribution in [1.29, 1.82) is 0 Å². The SMILES string of the molecule is COc1ccc(F)cc1NC(=O)Nc1ccc(N2CCN(C(=O)Nc3ccccc3C(F)(F)F)CC2)cc1. The molecule has 1 saturated heterocycles. The second kappa shape index (κ2) is 11.3. The third-order valence-electron chi connectivity index (χ3n) is 5.94.